The second-order valence-electron chi connectivity index (χ2n) is 10.1. The van der Waals surface area contributed by atoms with Crippen LogP contribution in [0.4, 0.5) is 20.5 Å². The van der Waals surface area contributed by atoms with E-state index in [-0.39, 0.29) is 25.9 Å². The van der Waals surface area contributed by atoms with Crippen LogP contribution in [0.1, 0.15) is 44.1 Å². The molecule has 0 saturated carbocycles. The number of rotatable bonds is 6. The summed E-state index contributed by atoms with van der Waals surface area (Å²) in [6, 6.07) is 3.90. The van der Waals surface area contributed by atoms with Crippen molar-refractivity contribution < 1.29 is 13.5 Å². The van der Waals surface area contributed by atoms with Gasteiger partial charge in [0.05, 0.1) is 24.7 Å². The number of nitrogens with one attached hydrogen (secondary N) is 2. The Morgan fingerprint density at radius 2 is 1.86 bits per heavy atom. The maximum atomic E-state index is 13.8. The molecule has 9 heteroatoms. The van der Waals surface area contributed by atoms with E-state index in [0.717, 1.165) is 74.4 Å². The number of fused-ring (bicyclic) bond motifs is 1. The SMILES string of the molecule is COc1cc2c(NCC3CCNCC3)nc(N3CCC(F)(F)CC3)nc2cc1C#CCN1CCCC1. The zero-order valence-corrected chi connectivity index (χ0v) is 21.1. The monoisotopic (exact) mass is 498 g/mol. The van der Waals surface area contributed by atoms with Crippen molar-refractivity contribution in [3.05, 3.63) is 17.7 Å². The minimum atomic E-state index is -2.62. The molecular formula is C27H36F2N6O. The van der Waals surface area contributed by atoms with Gasteiger partial charge in [-0.2, -0.15) is 4.98 Å². The summed E-state index contributed by atoms with van der Waals surface area (Å²) in [5.74, 6) is 6.42. The fourth-order valence-electron chi connectivity index (χ4n) is 5.23. The van der Waals surface area contributed by atoms with Gasteiger partial charge in [0.2, 0.25) is 5.95 Å². The summed E-state index contributed by atoms with van der Waals surface area (Å²) in [4.78, 5) is 13.9. The molecule has 3 aliphatic heterocycles. The van der Waals surface area contributed by atoms with E-state index in [1.165, 1.54) is 12.8 Å². The molecular weight excluding hydrogens is 462 g/mol. The van der Waals surface area contributed by atoms with E-state index in [4.69, 9.17) is 14.7 Å². The van der Waals surface area contributed by atoms with Crippen molar-refractivity contribution in [2.45, 2.75) is 44.4 Å². The number of benzene rings is 1. The van der Waals surface area contributed by atoms with Crippen LogP contribution in [-0.2, 0) is 0 Å². The average Bonchev–Trinajstić information content (AvgIpc) is 3.41. The number of aromatic nitrogens is 2. The molecule has 7 nitrogen and oxygen atoms in total. The van der Waals surface area contributed by atoms with Crippen LogP contribution < -0.4 is 20.3 Å². The molecule has 0 amide bonds. The van der Waals surface area contributed by atoms with Gasteiger partial charge in [-0.1, -0.05) is 11.8 Å². The third-order valence-electron chi connectivity index (χ3n) is 7.52. The maximum Gasteiger partial charge on any atom is 0.251 e. The van der Waals surface area contributed by atoms with Gasteiger partial charge in [0.15, 0.2) is 0 Å². The molecule has 4 heterocycles. The molecule has 0 atom stereocenters. The van der Waals surface area contributed by atoms with Crippen LogP contribution in [0, 0.1) is 17.8 Å². The molecule has 1 aromatic carbocycles. The maximum absolute atomic E-state index is 13.8. The summed E-state index contributed by atoms with van der Waals surface area (Å²) < 4.78 is 33.3. The van der Waals surface area contributed by atoms with Crippen LogP contribution in [0.2, 0.25) is 0 Å². The Bertz CT molecular complexity index is 1110. The quantitative estimate of drug-likeness (QED) is 0.589. The molecule has 194 valence electrons. The first-order valence-electron chi connectivity index (χ1n) is 13.2. The Balaban J connectivity index is 1.46. The van der Waals surface area contributed by atoms with Gasteiger partial charge >= 0.3 is 0 Å². The van der Waals surface area contributed by atoms with Gasteiger partial charge < -0.3 is 20.3 Å². The predicted octanol–water partition coefficient (Wildman–Crippen LogP) is 3.73. The summed E-state index contributed by atoms with van der Waals surface area (Å²) in [6.45, 7) is 6.28. The van der Waals surface area contributed by atoms with Crippen LogP contribution >= 0.6 is 0 Å². The standard InChI is InChI=1S/C27H36F2N6O/c1-36-24-18-22-23(17-21(24)5-4-14-34-12-2-3-13-34)32-26(35-15-8-27(28,29)9-16-35)33-25(22)31-19-20-6-10-30-11-7-20/h17-18,20,30H,2-3,6-16,19H2,1H3,(H,31,32,33). The second kappa shape index (κ2) is 11.1. The summed E-state index contributed by atoms with van der Waals surface area (Å²) in [5, 5.41) is 7.81. The largest absolute Gasteiger partial charge is 0.495 e. The van der Waals surface area contributed by atoms with E-state index >= 15 is 0 Å². The molecule has 0 bridgehead atoms. The highest BCUT2D eigenvalue weighted by Gasteiger charge is 2.35. The number of anilines is 2. The average molecular weight is 499 g/mol. The Morgan fingerprint density at radius 3 is 2.58 bits per heavy atom. The Labute approximate surface area is 212 Å². The first kappa shape index (κ1) is 25.0. The first-order valence-corrected chi connectivity index (χ1v) is 13.2. The lowest BCUT2D eigenvalue weighted by Crippen LogP contribution is -2.40. The predicted molar refractivity (Wildman–Crippen MR) is 139 cm³/mol. The lowest BCUT2D eigenvalue weighted by Gasteiger charge is -2.32. The summed E-state index contributed by atoms with van der Waals surface area (Å²) in [6.07, 6.45) is 4.34. The van der Waals surface area contributed by atoms with Crippen molar-refractivity contribution in [1.29, 1.82) is 0 Å². The van der Waals surface area contributed by atoms with Gasteiger partial charge in [-0.15, -0.1) is 0 Å². The van der Waals surface area contributed by atoms with E-state index in [1.807, 2.05) is 17.0 Å². The third kappa shape index (κ3) is 5.98. The Morgan fingerprint density at radius 1 is 1.11 bits per heavy atom. The van der Waals surface area contributed by atoms with Crippen LogP contribution in [0.5, 0.6) is 5.75 Å². The number of nitrogens with zero attached hydrogens (tertiary/aromatic N) is 4. The topological polar surface area (TPSA) is 65.5 Å². The van der Waals surface area contributed by atoms with Gasteiger partial charge in [0.1, 0.15) is 11.6 Å². The number of halogens is 2. The molecule has 0 spiro atoms. The fourth-order valence-corrected chi connectivity index (χ4v) is 5.23. The summed E-state index contributed by atoms with van der Waals surface area (Å²) in [7, 11) is 1.65. The van der Waals surface area contributed by atoms with E-state index in [9.17, 15) is 8.78 Å². The molecule has 5 rings (SSSR count). The molecule has 0 unspecified atom stereocenters. The fraction of sp³-hybridized carbons (Fsp3) is 0.630. The normalized spacial score (nSPS) is 20.8. The molecule has 0 aliphatic carbocycles. The first-order chi connectivity index (χ1) is 17.5. The van der Waals surface area contributed by atoms with E-state index in [2.05, 4.69) is 27.4 Å². The zero-order valence-electron chi connectivity index (χ0n) is 21.1. The number of piperidine rings is 2. The van der Waals surface area contributed by atoms with Crippen LogP contribution in [0.15, 0.2) is 12.1 Å². The van der Waals surface area contributed by atoms with Crippen molar-refractivity contribution >= 4 is 22.7 Å². The van der Waals surface area contributed by atoms with Gasteiger partial charge in [0, 0.05) is 37.9 Å². The van der Waals surface area contributed by atoms with Gasteiger partial charge in [-0.3, -0.25) is 4.90 Å². The summed E-state index contributed by atoms with van der Waals surface area (Å²) in [5.41, 5.74) is 1.53. The van der Waals surface area contributed by atoms with Crippen LogP contribution in [0.25, 0.3) is 10.9 Å². The number of methoxy groups -OCH3 is 1. The number of alkyl halides is 2. The number of hydrogen-bond acceptors (Lipinski definition) is 7. The third-order valence-corrected chi connectivity index (χ3v) is 7.52. The van der Waals surface area contributed by atoms with Crippen molar-refractivity contribution in [2.75, 3.05) is 69.7 Å². The van der Waals surface area contributed by atoms with Crippen molar-refractivity contribution in [3.8, 4) is 17.6 Å². The summed E-state index contributed by atoms with van der Waals surface area (Å²) >= 11 is 0. The number of ether oxygens (including phenoxy) is 1. The zero-order chi connectivity index (χ0) is 25.0. The van der Waals surface area contributed by atoms with E-state index in [1.54, 1.807) is 7.11 Å². The van der Waals surface area contributed by atoms with Crippen LogP contribution in [-0.4, -0.2) is 80.3 Å². The van der Waals surface area contributed by atoms with Gasteiger partial charge in [-0.05, 0) is 69.9 Å². The Kier molecular flexibility index (Phi) is 7.73. The Hall–Kier alpha value is -2.70. The molecule has 36 heavy (non-hydrogen) atoms. The molecule has 3 saturated heterocycles. The lowest BCUT2D eigenvalue weighted by molar-refractivity contribution is -0.0222. The minimum absolute atomic E-state index is 0.179. The second-order valence-corrected chi connectivity index (χ2v) is 10.1. The van der Waals surface area contributed by atoms with Crippen molar-refractivity contribution in [1.82, 2.24) is 20.2 Å². The van der Waals surface area contributed by atoms with Gasteiger partial charge in [-0.25, -0.2) is 13.8 Å². The van der Waals surface area contributed by atoms with E-state index < -0.39 is 5.92 Å². The molecule has 0 radical (unpaired) electrons. The van der Waals surface area contributed by atoms with Gasteiger partial charge in [0.25, 0.3) is 5.92 Å². The molecule has 1 aromatic heterocycles. The van der Waals surface area contributed by atoms with Crippen molar-refractivity contribution in [3.63, 3.8) is 0 Å². The number of hydrogen-bond donors (Lipinski definition) is 2. The highest BCUT2D eigenvalue weighted by Crippen LogP contribution is 2.33. The minimum Gasteiger partial charge on any atom is -0.495 e. The molecule has 3 aliphatic rings. The molecule has 3 fully saturated rings. The molecule has 2 aromatic rings. The highest BCUT2D eigenvalue weighted by molar-refractivity contribution is 5.92. The van der Waals surface area contributed by atoms with E-state index in [0.29, 0.717) is 17.6 Å². The highest BCUT2D eigenvalue weighted by atomic mass is 19.3. The van der Waals surface area contributed by atoms with Crippen LogP contribution in [0.3, 0.4) is 0 Å². The molecule has 2 N–H and O–H groups in total. The van der Waals surface area contributed by atoms with Crippen molar-refractivity contribution in [2.24, 2.45) is 5.92 Å². The smallest absolute Gasteiger partial charge is 0.251 e. The number of likely N-dealkylation sites (tertiary alicyclic amines) is 1. The lowest BCUT2D eigenvalue weighted by atomic mass is 9.98.